The van der Waals surface area contributed by atoms with Crippen molar-refractivity contribution >= 4 is 11.9 Å². The fourth-order valence-electron chi connectivity index (χ4n) is 5.39. The van der Waals surface area contributed by atoms with Gasteiger partial charge in [0.05, 0.1) is 0 Å². The number of hydrogen-bond acceptors (Lipinski definition) is 4. The largest absolute Gasteiger partial charge is 0.462 e. The molecule has 0 aromatic carbocycles. The third-order valence-electron chi connectivity index (χ3n) is 6.25. The molecule has 0 aromatic rings. The second kappa shape index (κ2) is 5.52. The molecule has 0 radical (unpaired) electrons. The summed E-state index contributed by atoms with van der Waals surface area (Å²) >= 11 is 0. The molecule has 0 spiro atoms. The standard InChI is InChI=1S/C17H26N2O3/c1-11(20)22-14-5-6-18-9-12-7-13(16(18)8-14)10-19-15(12)3-2-4-17(19)21/h12-16H,2-10H2,1H3/t12-,13?,14-,15+,16-/m0/s1. The number of ether oxygens (including phenoxy) is 1. The van der Waals surface area contributed by atoms with Crippen LogP contribution in [-0.4, -0.2) is 59.5 Å². The number of carbonyl (C=O) groups is 2. The summed E-state index contributed by atoms with van der Waals surface area (Å²) in [5.74, 6) is 1.42. The van der Waals surface area contributed by atoms with E-state index in [2.05, 4.69) is 9.80 Å². The summed E-state index contributed by atoms with van der Waals surface area (Å²) in [4.78, 5) is 28.3. The van der Waals surface area contributed by atoms with Crippen LogP contribution in [0, 0.1) is 11.8 Å². The van der Waals surface area contributed by atoms with Crippen LogP contribution in [0.2, 0.25) is 0 Å². The van der Waals surface area contributed by atoms with Gasteiger partial charge in [-0.3, -0.25) is 14.5 Å². The van der Waals surface area contributed by atoms with Crippen LogP contribution in [0.4, 0.5) is 0 Å². The molecular weight excluding hydrogens is 280 g/mol. The predicted molar refractivity (Wildman–Crippen MR) is 81.1 cm³/mol. The van der Waals surface area contributed by atoms with Crippen molar-refractivity contribution in [2.24, 2.45) is 11.8 Å². The van der Waals surface area contributed by atoms with E-state index in [1.165, 1.54) is 19.8 Å². The lowest BCUT2D eigenvalue weighted by Crippen LogP contribution is -2.65. The third kappa shape index (κ3) is 2.43. The Labute approximate surface area is 132 Å². The van der Waals surface area contributed by atoms with Crippen molar-refractivity contribution in [1.82, 2.24) is 9.80 Å². The first-order valence-electron chi connectivity index (χ1n) is 8.82. The Morgan fingerprint density at radius 2 is 1.95 bits per heavy atom. The second-order valence-corrected chi connectivity index (χ2v) is 7.58. The van der Waals surface area contributed by atoms with Crippen molar-refractivity contribution in [2.45, 2.75) is 63.6 Å². The van der Waals surface area contributed by atoms with Crippen molar-refractivity contribution in [3.8, 4) is 0 Å². The number of amides is 1. The highest BCUT2D eigenvalue weighted by Gasteiger charge is 2.49. The molecule has 1 unspecified atom stereocenters. The molecule has 5 atom stereocenters. The molecular formula is C17H26N2O3. The lowest BCUT2D eigenvalue weighted by molar-refractivity contribution is -0.157. The fraction of sp³-hybridized carbons (Fsp3) is 0.882. The Balaban J connectivity index is 1.50. The zero-order valence-electron chi connectivity index (χ0n) is 13.4. The minimum absolute atomic E-state index is 0.0741. The molecule has 4 saturated heterocycles. The number of fused-ring (bicyclic) bond motifs is 6. The van der Waals surface area contributed by atoms with Crippen LogP contribution in [0.25, 0.3) is 0 Å². The summed E-state index contributed by atoms with van der Waals surface area (Å²) in [7, 11) is 0. The number of hydrogen-bond donors (Lipinski definition) is 0. The van der Waals surface area contributed by atoms with Gasteiger partial charge in [-0.05, 0) is 37.5 Å². The molecule has 2 bridgehead atoms. The summed E-state index contributed by atoms with van der Waals surface area (Å²) in [5.41, 5.74) is 0. The van der Waals surface area contributed by atoms with Gasteiger partial charge in [0, 0.05) is 51.5 Å². The van der Waals surface area contributed by atoms with E-state index in [0.29, 0.717) is 29.8 Å². The van der Waals surface area contributed by atoms with E-state index >= 15 is 0 Å². The van der Waals surface area contributed by atoms with Crippen LogP contribution < -0.4 is 0 Å². The van der Waals surface area contributed by atoms with Gasteiger partial charge in [-0.15, -0.1) is 0 Å². The first-order chi connectivity index (χ1) is 10.6. The molecule has 5 heteroatoms. The summed E-state index contributed by atoms with van der Waals surface area (Å²) < 4.78 is 5.46. The maximum atomic E-state index is 12.3. The number of piperidine rings is 4. The Kier molecular flexibility index (Phi) is 3.63. The molecule has 4 aliphatic rings. The smallest absolute Gasteiger partial charge is 0.302 e. The highest BCUT2D eigenvalue weighted by Crippen LogP contribution is 2.43. The Morgan fingerprint density at radius 1 is 1.14 bits per heavy atom. The van der Waals surface area contributed by atoms with E-state index in [0.717, 1.165) is 45.3 Å². The van der Waals surface area contributed by atoms with E-state index in [-0.39, 0.29) is 12.1 Å². The van der Waals surface area contributed by atoms with Gasteiger partial charge in [-0.2, -0.15) is 0 Å². The van der Waals surface area contributed by atoms with Crippen LogP contribution in [0.1, 0.15) is 45.4 Å². The Morgan fingerprint density at radius 3 is 2.77 bits per heavy atom. The maximum Gasteiger partial charge on any atom is 0.302 e. The number of rotatable bonds is 1. The minimum Gasteiger partial charge on any atom is -0.462 e. The van der Waals surface area contributed by atoms with E-state index in [1.807, 2.05) is 0 Å². The van der Waals surface area contributed by atoms with E-state index < -0.39 is 0 Å². The molecule has 0 aromatic heterocycles. The van der Waals surface area contributed by atoms with Crippen molar-refractivity contribution in [1.29, 1.82) is 0 Å². The topological polar surface area (TPSA) is 49.9 Å². The van der Waals surface area contributed by atoms with Gasteiger partial charge in [-0.25, -0.2) is 0 Å². The van der Waals surface area contributed by atoms with Crippen LogP contribution in [-0.2, 0) is 14.3 Å². The van der Waals surface area contributed by atoms with Gasteiger partial charge >= 0.3 is 5.97 Å². The summed E-state index contributed by atoms with van der Waals surface area (Å²) in [6, 6.07) is 0.981. The first kappa shape index (κ1) is 14.5. The van der Waals surface area contributed by atoms with Crippen molar-refractivity contribution in [2.75, 3.05) is 19.6 Å². The van der Waals surface area contributed by atoms with Gasteiger partial charge in [-0.1, -0.05) is 0 Å². The van der Waals surface area contributed by atoms with Gasteiger partial charge in [0.1, 0.15) is 6.10 Å². The van der Waals surface area contributed by atoms with Gasteiger partial charge in [0.2, 0.25) is 5.91 Å². The normalized spacial score (nSPS) is 41.6. The molecule has 4 fully saturated rings. The molecule has 4 rings (SSSR count). The van der Waals surface area contributed by atoms with E-state index in [1.54, 1.807) is 0 Å². The summed E-state index contributed by atoms with van der Waals surface area (Å²) in [6.07, 6.45) is 6.23. The van der Waals surface area contributed by atoms with Gasteiger partial charge in [0.15, 0.2) is 0 Å². The summed E-state index contributed by atoms with van der Waals surface area (Å²) in [6.45, 7) is 4.59. The highest BCUT2D eigenvalue weighted by atomic mass is 16.5. The third-order valence-corrected chi connectivity index (χ3v) is 6.25. The molecule has 0 N–H and O–H groups in total. The average molecular weight is 306 g/mol. The van der Waals surface area contributed by atoms with E-state index in [9.17, 15) is 9.59 Å². The Hall–Kier alpha value is -1.10. The molecule has 4 heterocycles. The van der Waals surface area contributed by atoms with Crippen LogP contribution in [0.15, 0.2) is 0 Å². The maximum absolute atomic E-state index is 12.3. The van der Waals surface area contributed by atoms with Crippen molar-refractivity contribution in [3.63, 3.8) is 0 Å². The van der Waals surface area contributed by atoms with Crippen LogP contribution in [0.3, 0.4) is 0 Å². The van der Waals surface area contributed by atoms with E-state index in [4.69, 9.17) is 4.74 Å². The Bertz CT molecular complexity index is 481. The molecule has 1 amide bonds. The zero-order chi connectivity index (χ0) is 15.3. The first-order valence-corrected chi connectivity index (χ1v) is 8.82. The number of esters is 1. The second-order valence-electron chi connectivity index (χ2n) is 7.58. The average Bonchev–Trinajstić information content (AvgIpc) is 2.49. The molecule has 22 heavy (non-hydrogen) atoms. The molecule has 122 valence electrons. The predicted octanol–water partition coefficient (Wildman–Crippen LogP) is 1.41. The van der Waals surface area contributed by atoms with Crippen molar-refractivity contribution in [3.05, 3.63) is 0 Å². The minimum atomic E-state index is -0.165. The molecule has 0 saturated carbocycles. The number of carbonyl (C=O) groups excluding carboxylic acids is 2. The fourth-order valence-corrected chi connectivity index (χ4v) is 5.39. The van der Waals surface area contributed by atoms with Gasteiger partial charge in [0.25, 0.3) is 0 Å². The number of nitrogens with zero attached hydrogens (tertiary/aromatic N) is 2. The lowest BCUT2D eigenvalue weighted by Gasteiger charge is -2.57. The van der Waals surface area contributed by atoms with Crippen LogP contribution >= 0.6 is 0 Å². The summed E-state index contributed by atoms with van der Waals surface area (Å²) in [5, 5.41) is 0. The SMILES string of the molecule is CC(=O)O[C@H]1CCN2C[C@@H]3CC(CN4C(=O)CCC[C@H]34)[C@@H]2C1. The van der Waals surface area contributed by atoms with Crippen molar-refractivity contribution < 1.29 is 14.3 Å². The quantitative estimate of drug-likeness (QED) is 0.687. The lowest BCUT2D eigenvalue weighted by atomic mass is 9.70. The van der Waals surface area contributed by atoms with Gasteiger partial charge < -0.3 is 9.64 Å². The monoisotopic (exact) mass is 306 g/mol. The molecule has 5 nitrogen and oxygen atoms in total. The van der Waals surface area contributed by atoms with Crippen LogP contribution in [0.5, 0.6) is 0 Å². The highest BCUT2D eigenvalue weighted by molar-refractivity contribution is 5.77. The zero-order valence-corrected chi connectivity index (χ0v) is 13.4. The molecule has 0 aliphatic carbocycles. The molecule has 4 aliphatic heterocycles.